The molecule has 0 aromatic carbocycles. The van der Waals surface area contributed by atoms with Crippen LogP contribution in [-0.2, 0) is 20.7 Å². The Morgan fingerprint density at radius 1 is 1.28 bits per heavy atom. The summed E-state index contributed by atoms with van der Waals surface area (Å²) >= 11 is 3.13. The Bertz CT molecular complexity index is 717. The summed E-state index contributed by atoms with van der Waals surface area (Å²) in [5.74, 6) is -0.516. The molecule has 0 spiro atoms. The highest BCUT2D eigenvalue weighted by atomic mass is 32.1. The van der Waals surface area contributed by atoms with E-state index in [1.807, 2.05) is 27.1 Å². The first kappa shape index (κ1) is 18.1. The van der Waals surface area contributed by atoms with Crippen LogP contribution < -0.4 is 0 Å². The van der Waals surface area contributed by atoms with Crippen LogP contribution in [0.15, 0.2) is 22.2 Å². The maximum absolute atomic E-state index is 12.4. The molecule has 0 saturated carbocycles. The molecule has 5 nitrogen and oxygen atoms in total. The number of esters is 1. The van der Waals surface area contributed by atoms with Gasteiger partial charge in [0.15, 0.2) is 6.61 Å². The molecule has 1 aliphatic rings. The average molecular weight is 379 g/mol. The van der Waals surface area contributed by atoms with E-state index in [1.165, 1.54) is 11.3 Å². The number of carbonyl (C=O) groups is 2. The van der Waals surface area contributed by atoms with Crippen LogP contribution in [0, 0.1) is 0 Å². The molecule has 1 fully saturated rings. The predicted octanol–water partition coefficient (Wildman–Crippen LogP) is 3.75. The third-order valence-corrected chi connectivity index (χ3v) is 6.11. The number of rotatable bonds is 5. The SMILES string of the molecule is C[C@H]1CCC[C@H](C)N1C(=O)COC(=O)Cc1csc(-c2ccsc2)n1. The summed E-state index contributed by atoms with van der Waals surface area (Å²) in [4.78, 5) is 30.7. The van der Waals surface area contributed by atoms with E-state index in [0.29, 0.717) is 5.69 Å². The molecule has 134 valence electrons. The summed E-state index contributed by atoms with van der Waals surface area (Å²) in [7, 11) is 0. The van der Waals surface area contributed by atoms with E-state index in [9.17, 15) is 9.59 Å². The fourth-order valence-corrected chi connectivity index (χ4v) is 4.77. The second kappa shape index (κ2) is 8.10. The minimum Gasteiger partial charge on any atom is -0.455 e. The van der Waals surface area contributed by atoms with Crippen LogP contribution in [0.25, 0.3) is 10.6 Å². The van der Waals surface area contributed by atoms with Crippen LogP contribution in [0.4, 0.5) is 0 Å². The molecular formula is C18H22N2O3S2. The number of hydrogen-bond acceptors (Lipinski definition) is 6. The Kier molecular flexibility index (Phi) is 5.86. The summed E-state index contributed by atoms with van der Waals surface area (Å²) in [6.07, 6.45) is 3.25. The lowest BCUT2D eigenvalue weighted by Crippen LogP contribution is -2.49. The standard InChI is InChI=1S/C18H22N2O3S2/c1-12-4-3-5-13(2)20(12)16(21)9-23-17(22)8-15-11-25-18(19-15)14-6-7-24-10-14/h6-7,10-13H,3-5,8-9H2,1-2H3/t12-,13-/m0/s1. The van der Waals surface area contributed by atoms with Gasteiger partial charge in [-0.05, 0) is 44.6 Å². The zero-order chi connectivity index (χ0) is 17.8. The summed E-state index contributed by atoms with van der Waals surface area (Å²) < 4.78 is 5.19. The van der Waals surface area contributed by atoms with Gasteiger partial charge in [0.2, 0.25) is 0 Å². The van der Waals surface area contributed by atoms with E-state index in [2.05, 4.69) is 18.8 Å². The zero-order valence-corrected chi connectivity index (χ0v) is 16.1. The first-order chi connectivity index (χ1) is 12.0. The largest absolute Gasteiger partial charge is 0.455 e. The van der Waals surface area contributed by atoms with Crippen molar-refractivity contribution >= 4 is 34.6 Å². The molecular weight excluding hydrogens is 356 g/mol. The molecule has 2 aromatic rings. The van der Waals surface area contributed by atoms with Crippen molar-refractivity contribution in [2.24, 2.45) is 0 Å². The van der Waals surface area contributed by atoms with E-state index in [-0.39, 0.29) is 31.0 Å². The number of ether oxygens (including phenoxy) is 1. The molecule has 0 aliphatic carbocycles. The van der Waals surface area contributed by atoms with Gasteiger partial charge >= 0.3 is 5.97 Å². The molecule has 0 bridgehead atoms. The van der Waals surface area contributed by atoms with E-state index < -0.39 is 5.97 Å². The fraction of sp³-hybridized carbons (Fsp3) is 0.500. The van der Waals surface area contributed by atoms with Gasteiger partial charge in [0, 0.05) is 28.4 Å². The molecule has 3 heterocycles. The highest BCUT2D eigenvalue weighted by Gasteiger charge is 2.29. The maximum Gasteiger partial charge on any atom is 0.312 e. The smallest absolute Gasteiger partial charge is 0.312 e. The lowest BCUT2D eigenvalue weighted by atomic mass is 9.97. The van der Waals surface area contributed by atoms with E-state index >= 15 is 0 Å². The molecule has 2 aromatic heterocycles. The Labute approximate surface area is 155 Å². The number of aromatic nitrogens is 1. The van der Waals surface area contributed by atoms with Crippen molar-refractivity contribution in [2.75, 3.05) is 6.61 Å². The molecule has 1 amide bonds. The van der Waals surface area contributed by atoms with E-state index in [4.69, 9.17) is 4.74 Å². The lowest BCUT2D eigenvalue weighted by Gasteiger charge is -2.38. The predicted molar refractivity (Wildman–Crippen MR) is 99.7 cm³/mol. The fourth-order valence-electron chi connectivity index (χ4n) is 3.24. The Hall–Kier alpha value is -1.73. The van der Waals surface area contributed by atoms with Gasteiger partial charge in [0.1, 0.15) is 5.01 Å². The number of nitrogens with zero attached hydrogens (tertiary/aromatic N) is 2. The first-order valence-corrected chi connectivity index (χ1v) is 10.3. The monoisotopic (exact) mass is 378 g/mol. The summed E-state index contributed by atoms with van der Waals surface area (Å²) in [5, 5.41) is 6.79. The lowest BCUT2D eigenvalue weighted by molar-refractivity contribution is -0.154. The zero-order valence-electron chi connectivity index (χ0n) is 14.4. The Morgan fingerprint density at radius 3 is 2.72 bits per heavy atom. The molecule has 1 saturated heterocycles. The topological polar surface area (TPSA) is 59.5 Å². The van der Waals surface area contributed by atoms with Crippen LogP contribution >= 0.6 is 22.7 Å². The molecule has 2 atom stereocenters. The summed E-state index contributed by atoms with van der Waals surface area (Å²) in [6.45, 7) is 3.92. The number of thiophene rings is 1. The van der Waals surface area contributed by atoms with Crippen LogP contribution in [-0.4, -0.2) is 40.5 Å². The maximum atomic E-state index is 12.4. The highest BCUT2D eigenvalue weighted by Crippen LogP contribution is 2.26. The van der Waals surface area contributed by atoms with Crippen molar-refractivity contribution in [3.05, 3.63) is 27.9 Å². The minimum absolute atomic E-state index is 0.0963. The van der Waals surface area contributed by atoms with Crippen molar-refractivity contribution in [3.8, 4) is 10.6 Å². The first-order valence-electron chi connectivity index (χ1n) is 8.48. The molecule has 1 aliphatic heterocycles. The van der Waals surface area contributed by atoms with Crippen molar-refractivity contribution in [2.45, 2.75) is 51.6 Å². The van der Waals surface area contributed by atoms with E-state index in [1.54, 1.807) is 11.3 Å². The van der Waals surface area contributed by atoms with Gasteiger partial charge in [0.25, 0.3) is 5.91 Å². The second-order valence-electron chi connectivity index (χ2n) is 6.42. The Balaban J connectivity index is 1.50. The average Bonchev–Trinajstić information content (AvgIpc) is 3.24. The van der Waals surface area contributed by atoms with Gasteiger partial charge in [0.05, 0.1) is 12.1 Å². The Morgan fingerprint density at radius 2 is 2.04 bits per heavy atom. The second-order valence-corrected chi connectivity index (χ2v) is 8.06. The third-order valence-electron chi connectivity index (χ3n) is 4.48. The normalized spacial score (nSPS) is 20.5. The van der Waals surface area contributed by atoms with Gasteiger partial charge in [-0.15, -0.1) is 11.3 Å². The molecule has 0 unspecified atom stereocenters. The van der Waals surface area contributed by atoms with Crippen molar-refractivity contribution in [1.29, 1.82) is 0 Å². The number of amides is 1. The molecule has 3 rings (SSSR count). The van der Waals surface area contributed by atoms with Gasteiger partial charge in [-0.3, -0.25) is 9.59 Å². The van der Waals surface area contributed by atoms with Crippen molar-refractivity contribution in [1.82, 2.24) is 9.88 Å². The van der Waals surface area contributed by atoms with Gasteiger partial charge in [-0.25, -0.2) is 4.98 Å². The van der Waals surface area contributed by atoms with Crippen LogP contribution in [0.3, 0.4) is 0 Å². The third kappa shape index (κ3) is 4.46. The minimum atomic E-state index is -0.409. The van der Waals surface area contributed by atoms with Crippen LogP contribution in [0.2, 0.25) is 0 Å². The number of thiazole rings is 1. The number of carbonyl (C=O) groups excluding carboxylic acids is 2. The highest BCUT2D eigenvalue weighted by molar-refractivity contribution is 7.14. The quantitative estimate of drug-likeness (QED) is 0.744. The number of likely N-dealkylation sites (tertiary alicyclic amines) is 1. The van der Waals surface area contributed by atoms with Crippen LogP contribution in [0.5, 0.6) is 0 Å². The molecule has 0 radical (unpaired) electrons. The summed E-state index contributed by atoms with van der Waals surface area (Å²) in [6, 6.07) is 2.42. The molecule has 25 heavy (non-hydrogen) atoms. The van der Waals surface area contributed by atoms with Gasteiger partial charge in [-0.2, -0.15) is 11.3 Å². The van der Waals surface area contributed by atoms with E-state index in [0.717, 1.165) is 29.8 Å². The van der Waals surface area contributed by atoms with Crippen LogP contribution in [0.1, 0.15) is 38.8 Å². The number of hydrogen-bond donors (Lipinski definition) is 0. The molecule has 0 N–H and O–H groups in total. The summed E-state index contributed by atoms with van der Waals surface area (Å²) in [5.41, 5.74) is 1.75. The van der Waals surface area contributed by atoms with Gasteiger partial charge < -0.3 is 9.64 Å². The van der Waals surface area contributed by atoms with Crippen molar-refractivity contribution < 1.29 is 14.3 Å². The molecule has 7 heteroatoms. The van der Waals surface area contributed by atoms with Crippen molar-refractivity contribution in [3.63, 3.8) is 0 Å². The number of piperidine rings is 1. The van der Waals surface area contributed by atoms with Gasteiger partial charge in [-0.1, -0.05) is 0 Å².